The Bertz CT molecular complexity index is 430. The molecular weight excluding hydrogens is 244 g/mol. The van der Waals surface area contributed by atoms with Gasteiger partial charge in [0, 0.05) is 31.2 Å². The molecule has 1 aliphatic rings. The molecular formula is C14H22N2O3. The molecule has 0 amide bonds. The van der Waals surface area contributed by atoms with Gasteiger partial charge in [-0.25, -0.2) is 4.79 Å². The molecule has 0 aromatic carbocycles. The number of carboxylic acids is 1. The normalized spacial score (nSPS) is 22.3. The molecule has 2 rings (SSSR count). The highest BCUT2D eigenvalue weighted by molar-refractivity contribution is 5.86. The molecule has 0 spiro atoms. The van der Waals surface area contributed by atoms with Crippen LogP contribution in [-0.2, 0) is 6.54 Å². The topological polar surface area (TPSA) is 56.9 Å². The van der Waals surface area contributed by atoms with Gasteiger partial charge in [0.15, 0.2) is 0 Å². The van der Waals surface area contributed by atoms with Crippen molar-refractivity contribution in [1.82, 2.24) is 9.80 Å². The van der Waals surface area contributed by atoms with Gasteiger partial charge in [-0.15, -0.1) is 0 Å². The molecule has 1 fully saturated rings. The lowest BCUT2D eigenvalue weighted by Crippen LogP contribution is -2.39. The van der Waals surface area contributed by atoms with Crippen LogP contribution in [0.2, 0.25) is 0 Å². The van der Waals surface area contributed by atoms with Gasteiger partial charge in [-0.2, -0.15) is 0 Å². The number of aromatic carboxylic acids is 1. The van der Waals surface area contributed by atoms with E-state index in [0.29, 0.717) is 12.6 Å². The number of hydrogen-bond acceptors (Lipinski definition) is 4. The summed E-state index contributed by atoms with van der Waals surface area (Å²) in [4.78, 5) is 15.8. The first-order valence-corrected chi connectivity index (χ1v) is 6.84. The van der Waals surface area contributed by atoms with Crippen molar-refractivity contribution in [1.29, 1.82) is 0 Å². The third-order valence-electron chi connectivity index (χ3n) is 3.81. The van der Waals surface area contributed by atoms with Crippen LogP contribution in [0, 0.1) is 0 Å². The minimum absolute atomic E-state index is 0.0763. The quantitative estimate of drug-likeness (QED) is 0.902. The van der Waals surface area contributed by atoms with Crippen molar-refractivity contribution in [3.05, 3.63) is 23.7 Å². The van der Waals surface area contributed by atoms with E-state index in [1.807, 2.05) is 0 Å². The third-order valence-corrected chi connectivity index (χ3v) is 3.81. The first-order chi connectivity index (χ1) is 9.11. The van der Waals surface area contributed by atoms with Gasteiger partial charge < -0.3 is 14.4 Å². The standard InChI is InChI=1S/C14H22N2O3/c1-3-12-10-15(2)6-4-7-16(12)9-11-5-8-19-13(11)14(17)18/h5,8,12H,3-4,6-7,9-10H2,1-2H3,(H,17,18). The molecule has 0 radical (unpaired) electrons. The van der Waals surface area contributed by atoms with E-state index in [1.54, 1.807) is 6.07 Å². The summed E-state index contributed by atoms with van der Waals surface area (Å²) in [6.07, 6.45) is 3.65. The maximum absolute atomic E-state index is 11.1. The second kappa shape index (κ2) is 6.21. The van der Waals surface area contributed by atoms with Crippen molar-refractivity contribution in [3.8, 4) is 0 Å². The highest BCUT2D eigenvalue weighted by atomic mass is 16.4. The summed E-state index contributed by atoms with van der Waals surface area (Å²) < 4.78 is 5.05. The zero-order chi connectivity index (χ0) is 13.8. The van der Waals surface area contributed by atoms with Crippen molar-refractivity contribution in [2.45, 2.75) is 32.4 Å². The van der Waals surface area contributed by atoms with Gasteiger partial charge in [0.2, 0.25) is 5.76 Å². The third kappa shape index (κ3) is 3.36. The minimum Gasteiger partial charge on any atom is -0.475 e. The van der Waals surface area contributed by atoms with Gasteiger partial charge in [-0.3, -0.25) is 4.90 Å². The molecule has 0 bridgehead atoms. The van der Waals surface area contributed by atoms with Crippen LogP contribution in [0.15, 0.2) is 16.7 Å². The maximum Gasteiger partial charge on any atom is 0.372 e. The Morgan fingerprint density at radius 2 is 2.32 bits per heavy atom. The van der Waals surface area contributed by atoms with E-state index in [4.69, 9.17) is 9.52 Å². The predicted molar refractivity (Wildman–Crippen MR) is 72.3 cm³/mol. The Morgan fingerprint density at radius 3 is 3.00 bits per heavy atom. The van der Waals surface area contributed by atoms with Crippen LogP contribution in [0.25, 0.3) is 0 Å². The Kier molecular flexibility index (Phi) is 4.61. The molecule has 1 atom stereocenters. The van der Waals surface area contributed by atoms with Gasteiger partial charge >= 0.3 is 5.97 Å². The Morgan fingerprint density at radius 1 is 1.53 bits per heavy atom. The van der Waals surface area contributed by atoms with Gasteiger partial charge in [-0.05, 0) is 32.5 Å². The summed E-state index contributed by atoms with van der Waals surface area (Å²) in [5.41, 5.74) is 0.774. The van der Waals surface area contributed by atoms with Crippen molar-refractivity contribution in [3.63, 3.8) is 0 Å². The molecule has 106 valence electrons. The summed E-state index contributed by atoms with van der Waals surface area (Å²) >= 11 is 0. The summed E-state index contributed by atoms with van der Waals surface area (Å²) in [5, 5.41) is 9.08. The lowest BCUT2D eigenvalue weighted by molar-refractivity contribution is 0.0657. The summed E-state index contributed by atoms with van der Waals surface area (Å²) in [5.74, 6) is -0.910. The van der Waals surface area contributed by atoms with Crippen LogP contribution in [0.4, 0.5) is 0 Å². The van der Waals surface area contributed by atoms with Gasteiger partial charge in [0.05, 0.1) is 6.26 Å². The lowest BCUT2D eigenvalue weighted by atomic mass is 10.1. The van der Waals surface area contributed by atoms with Crippen molar-refractivity contribution in [2.24, 2.45) is 0 Å². The first kappa shape index (κ1) is 14.1. The van der Waals surface area contributed by atoms with Crippen molar-refractivity contribution < 1.29 is 14.3 Å². The van der Waals surface area contributed by atoms with Gasteiger partial charge in [0.1, 0.15) is 0 Å². The molecule has 5 heteroatoms. The molecule has 1 aromatic rings. The fraction of sp³-hybridized carbons (Fsp3) is 0.643. The molecule has 19 heavy (non-hydrogen) atoms. The Labute approximate surface area is 113 Å². The zero-order valence-corrected chi connectivity index (χ0v) is 11.6. The number of carboxylic acid groups (broad SMARTS) is 1. The fourth-order valence-corrected chi connectivity index (χ4v) is 2.75. The number of rotatable bonds is 4. The maximum atomic E-state index is 11.1. The molecule has 1 N–H and O–H groups in total. The summed E-state index contributed by atoms with van der Waals surface area (Å²) in [6, 6.07) is 2.24. The van der Waals surface area contributed by atoms with Gasteiger partial charge in [0.25, 0.3) is 0 Å². The highest BCUT2D eigenvalue weighted by Gasteiger charge is 2.24. The number of nitrogens with zero attached hydrogens (tertiary/aromatic N) is 2. The smallest absolute Gasteiger partial charge is 0.372 e. The molecule has 0 aliphatic carbocycles. The van der Waals surface area contributed by atoms with E-state index < -0.39 is 5.97 Å². The van der Waals surface area contributed by atoms with Gasteiger partial charge in [-0.1, -0.05) is 6.92 Å². The molecule has 1 unspecified atom stereocenters. The van der Waals surface area contributed by atoms with E-state index in [0.717, 1.165) is 38.0 Å². The van der Waals surface area contributed by atoms with E-state index >= 15 is 0 Å². The van der Waals surface area contributed by atoms with E-state index in [-0.39, 0.29) is 5.76 Å². The van der Waals surface area contributed by atoms with Crippen LogP contribution in [-0.4, -0.2) is 53.6 Å². The Hall–Kier alpha value is -1.33. The van der Waals surface area contributed by atoms with Crippen LogP contribution < -0.4 is 0 Å². The summed E-state index contributed by atoms with van der Waals surface area (Å²) in [7, 11) is 2.15. The van der Waals surface area contributed by atoms with E-state index in [2.05, 4.69) is 23.8 Å². The zero-order valence-electron chi connectivity index (χ0n) is 11.6. The second-order valence-electron chi connectivity index (χ2n) is 5.23. The Balaban J connectivity index is 2.11. The van der Waals surface area contributed by atoms with Crippen LogP contribution in [0.1, 0.15) is 35.9 Å². The lowest BCUT2D eigenvalue weighted by Gasteiger charge is -2.29. The number of likely N-dealkylation sites (N-methyl/N-ethyl adjacent to an activating group) is 1. The monoisotopic (exact) mass is 266 g/mol. The molecule has 1 saturated heterocycles. The number of hydrogen-bond donors (Lipinski definition) is 1. The van der Waals surface area contributed by atoms with Crippen LogP contribution in [0.3, 0.4) is 0 Å². The molecule has 0 saturated carbocycles. The van der Waals surface area contributed by atoms with Crippen molar-refractivity contribution >= 4 is 5.97 Å². The average Bonchev–Trinajstić information content (AvgIpc) is 2.75. The SMILES string of the molecule is CCC1CN(C)CCCN1Cc1ccoc1C(=O)O. The second-order valence-corrected chi connectivity index (χ2v) is 5.23. The number of furan rings is 1. The summed E-state index contributed by atoms with van der Waals surface area (Å²) in [6.45, 7) is 5.99. The highest BCUT2D eigenvalue weighted by Crippen LogP contribution is 2.19. The average molecular weight is 266 g/mol. The van der Waals surface area contributed by atoms with Crippen molar-refractivity contribution in [2.75, 3.05) is 26.7 Å². The van der Waals surface area contributed by atoms with Crippen LogP contribution in [0.5, 0.6) is 0 Å². The molecule has 1 aliphatic heterocycles. The molecule has 1 aromatic heterocycles. The van der Waals surface area contributed by atoms with E-state index in [1.165, 1.54) is 6.26 Å². The fourth-order valence-electron chi connectivity index (χ4n) is 2.75. The predicted octanol–water partition coefficient (Wildman–Crippen LogP) is 1.89. The molecule has 2 heterocycles. The molecule has 5 nitrogen and oxygen atoms in total. The van der Waals surface area contributed by atoms with Crippen LogP contribution >= 0.6 is 0 Å². The van der Waals surface area contributed by atoms with E-state index in [9.17, 15) is 4.79 Å². The first-order valence-electron chi connectivity index (χ1n) is 6.84. The largest absolute Gasteiger partial charge is 0.475 e. The number of carbonyl (C=O) groups is 1. The minimum atomic E-state index is -0.986.